The van der Waals surface area contributed by atoms with Crippen molar-refractivity contribution >= 4 is 23.0 Å². The number of hydrazone groups is 1. The predicted octanol–water partition coefficient (Wildman–Crippen LogP) is 2.95. The number of nitrogens with zero attached hydrogens (tertiary/aromatic N) is 1. The number of hydrogen-bond donors (Lipinski definition) is 2. The third kappa shape index (κ3) is 8.52. The van der Waals surface area contributed by atoms with Gasteiger partial charge >= 0.3 is 0 Å². The second kappa shape index (κ2) is 11.0. The average molecular weight is 337 g/mol. The molecule has 0 radical (unpaired) electrons. The molecule has 1 aromatic carbocycles. The Kier molecular flexibility index (Phi) is 9.24. The van der Waals surface area contributed by atoms with Crippen molar-refractivity contribution in [3.05, 3.63) is 29.8 Å². The van der Waals surface area contributed by atoms with E-state index in [4.69, 9.17) is 21.7 Å². The second-order valence-corrected chi connectivity index (χ2v) is 6.02. The van der Waals surface area contributed by atoms with E-state index in [0.29, 0.717) is 24.2 Å². The Balaban J connectivity index is 2.44. The summed E-state index contributed by atoms with van der Waals surface area (Å²) in [6.07, 6.45) is 1.06. The van der Waals surface area contributed by atoms with Crippen LogP contribution in [-0.4, -0.2) is 37.7 Å². The Morgan fingerprint density at radius 1 is 1.22 bits per heavy atom. The van der Waals surface area contributed by atoms with Crippen LogP contribution in [0.15, 0.2) is 29.4 Å². The summed E-state index contributed by atoms with van der Waals surface area (Å²) in [4.78, 5) is 0. The fraction of sp³-hybridized carbons (Fsp3) is 0.529. The van der Waals surface area contributed by atoms with Gasteiger partial charge in [-0.15, -0.1) is 0 Å². The van der Waals surface area contributed by atoms with Gasteiger partial charge in [-0.2, -0.15) is 5.10 Å². The first-order chi connectivity index (χ1) is 11.0. The highest BCUT2D eigenvalue weighted by Crippen LogP contribution is 2.14. The largest absolute Gasteiger partial charge is 0.494 e. The van der Waals surface area contributed by atoms with Crippen LogP contribution in [0.3, 0.4) is 0 Å². The topological polar surface area (TPSA) is 54.9 Å². The number of benzene rings is 1. The minimum Gasteiger partial charge on any atom is -0.494 e. The van der Waals surface area contributed by atoms with Gasteiger partial charge in [0.1, 0.15) is 5.75 Å². The quantitative estimate of drug-likeness (QED) is 0.314. The molecule has 0 heterocycles. The lowest BCUT2D eigenvalue weighted by Crippen LogP contribution is -2.34. The Morgan fingerprint density at radius 2 is 1.91 bits per heavy atom. The third-order valence-corrected chi connectivity index (χ3v) is 3.39. The van der Waals surface area contributed by atoms with Gasteiger partial charge in [0.2, 0.25) is 0 Å². The molecule has 0 saturated heterocycles. The Labute approximate surface area is 144 Å². The molecule has 0 fully saturated rings. The number of nitrogens with one attached hydrogen (secondary N) is 2. The maximum atomic E-state index is 5.71. The molecule has 0 aliphatic heterocycles. The van der Waals surface area contributed by atoms with Crippen LogP contribution in [0.1, 0.15) is 32.8 Å². The van der Waals surface area contributed by atoms with E-state index in [0.717, 1.165) is 30.1 Å². The maximum absolute atomic E-state index is 5.71. The van der Waals surface area contributed by atoms with E-state index in [1.54, 1.807) is 7.11 Å². The molecule has 0 aromatic heterocycles. The maximum Gasteiger partial charge on any atom is 0.187 e. The van der Waals surface area contributed by atoms with Crippen molar-refractivity contribution in [2.45, 2.75) is 27.2 Å². The molecule has 0 amide bonds. The van der Waals surface area contributed by atoms with Gasteiger partial charge in [-0.05, 0) is 61.3 Å². The van der Waals surface area contributed by atoms with E-state index < -0.39 is 0 Å². The van der Waals surface area contributed by atoms with Crippen molar-refractivity contribution in [3.63, 3.8) is 0 Å². The molecular formula is C17H27N3O2S. The van der Waals surface area contributed by atoms with Gasteiger partial charge in [-0.1, -0.05) is 13.8 Å². The number of thiocarbonyl (C=S) groups is 1. The second-order valence-electron chi connectivity index (χ2n) is 5.61. The monoisotopic (exact) mass is 337 g/mol. The lowest BCUT2D eigenvalue weighted by molar-refractivity contribution is 0.204. The van der Waals surface area contributed by atoms with Crippen molar-refractivity contribution in [2.24, 2.45) is 11.0 Å². The summed E-state index contributed by atoms with van der Waals surface area (Å²) >= 11 is 5.12. The standard InChI is InChI=1S/C17H27N3O2S/c1-13(2)9-11-22-16-7-5-15(6-8-16)14(3)19-20-17(23)18-10-12-21-4/h5-8,13H,9-12H2,1-4H3,(H2,18,20,23)/b19-14-. The van der Waals surface area contributed by atoms with Crippen LogP contribution < -0.4 is 15.5 Å². The average Bonchev–Trinajstić information content (AvgIpc) is 2.53. The first kappa shape index (κ1) is 19.4. The minimum absolute atomic E-state index is 0.482. The molecular weight excluding hydrogens is 310 g/mol. The highest BCUT2D eigenvalue weighted by atomic mass is 32.1. The van der Waals surface area contributed by atoms with Crippen LogP contribution in [0.4, 0.5) is 0 Å². The number of hydrogen-bond acceptors (Lipinski definition) is 4. The van der Waals surface area contributed by atoms with Crippen molar-refractivity contribution in [2.75, 3.05) is 26.9 Å². The highest BCUT2D eigenvalue weighted by molar-refractivity contribution is 7.80. The zero-order valence-corrected chi connectivity index (χ0v) is 15.2. The molecule has 0 aliphatic rings. The molecule has 6 heteroatoms. The lowest BCUT2D eigenvalue weighted by Gasteiger charge is -2.09. The van der Waals surface area contributed by atoms with E-state index in [9.17, 15) is 0 Å². The van der Waals surface area contributed by atoms with Crippen LogP contribution in [0, 0.1) is 5.92 Å². The van der Waals surface area contributed by atoms with Gasteiger partial charge < -0.3 is 14.8 Å². The van der Waals surface area contributed by atoms with Crippen LogP contribution in [0.25, 0.3) is 0 Å². The van der Waals surface area contributed by atoms with Crippen molar-refractivity contribution in [1.82, 2.24) is 10.7 Å². The minimum atomic E-state index is 0.482. The third-order valence-electron chi connectivity index (χ3n) is 3.15. The zero-order valence-electron chi connectivity index (χ0n) is 14.4. The molecule has 5 nitrogen and oxygen atoms in total. The summed E-state index contributed by atoms with van der Waals surface area (Å²) in [5.41, 5.74) is 4.70. The molecule has 1 aromatic rings. The van der Waals surface area contributed by atoms with E-state index in [1.165, 1.54) is 0 Å². The highest BCUT2D eigenvalue weighted by Gasteiger charge is 2.01. The molecule has 23 heavy (non-hydrogen) atoms. The fourth-order valence-electron chi connectivity index (χ4n) is 1.71. The first-order valence-corrected chi connectivity index (χ1v) is 8.24. The SMILES string of the molecule is COCCNC(=S)N/N=C(/C)c1ccc(OCCC(C)C)cc1. The van der Waals surface area contributed by atoms with Gasteiger partial charge in [0.25, 0.3) is 0 Å². The van der Waals surface area contributed by atoms with E-state index in [2.05, 4.69) is 29.7 Å². The van der Waals surface area contributed by atoms with Crippen molar-refractivity contribution < 1.29 is 9.47 Å². The Bertz CT molecular complexity index is 501. The summed E-state index contributed by atoms with van der Waals surface area (Å²) in [5.74, 6) is 1.53. The van der Waals surface area contributed by atoms with E-state index >= 15 is 0 Å². The summed E-state index contributed by atoms with van der Waals surface area (Å²) in [7, 11) is 1.65. The molecule has 0 aliphatic carbocycles. The molecule has 0 saturated carbocycles. The number of rotatable bonds is 9. The summed E-state index contributed by atoms with van der Waals surface area (Å²) in [6, 6.07) is 7.91. The Hall–Kier alpha value is -1.66. The van der Waals surface area contributed by atoms with Gasteiger partial charge in [0.05, 0.1) is 18.9 Å². The zero-order chi connectivity index (χ0) is 17.1. The van der Waals surface area contributed by atoms with Crippen molar-refractivity contribution in [1.29, 1.82) is 0 Å². The normalized spacial score (nSPS) is 11.4. The molecule has 0 bridgehead atoms. The fourth-order valence-corrected chi connectivity index (χ4v) is 1.86. The van der Waals surface area contributed by atoms with E-state index in [1.807, 2.05) is 31.2 Å². The number of methoxy groups -OCH3 is 1. The van der Waals surface area contributed by atoms with Gasteiger partial charge in [-0.25, -0.2) is 0 Å². The summed E-state index contributed by atoms with van der Waals surface area (Å²) in [6.45, 7) is 8.30. The van der Waals surface area contributed by atoms with Crippen molar-refractivity contribution in [3.8, 4) is 5.75 Å². The molecule has 0 spiro atoms. The van der Waals surface area contributed by atoms with Gasteiger partial charge in [0, 0.05) is 13.7 Å². The van der Waals surface area contributed by atoms with Crippen LogP contribution in [0.5, 0.6) is 5.75 Å². The van der Waals surface area contributed by atoms with Crippen LogP contribution >= 0.6 is 12.2 Å². The summed E-state index contributed by atoms with van der Waals surface area (Å²) < 4.78 is 10.6. The molecule has 128 valence electrons. The summed E-state index contributed by atoms with van der Waals surface area (Å²) in [5, 5.41) is 7.75. The lowest BCUT2D eigenvalue weighted by atomic mass is 10.1. The molecule has 0 atom stereocenters. The van der Waals surface area contributed by atoms with Crippen LogP contribution in [-0.2, 0) is 4.74 Å². The molecule has 2 N–H and O–H groups in total. The van der Waals surface area contributed by atoms with Gasteiger partial charge in [-0.3, -0.25) is 5.43 Å². The first-order valence-electron chi connectivity index (χ1n) is 7.83. The predicted molar refractivity (Wildman–Crippen MR) is 99.2 cm³/mol. The number of ether oxygens (including phenoxy) is 2. The Morgan fingerprint density at radius 3 is 2.52 bits per heavy atom. The smallest absolute Gasteiger partial charge is 0.187 e. The van der Waals surface area contributed by atoms with E-state index in [-0.39, 0.29) is 0 Å². The molecule has 0 unspecified atom stereocenters. The molecule has 1 rings (SSSR count). The van der Waals surface area contributed by atoms with Gasteiger partial charge in [0.15, 0.2) is 5.11 Å². The van der Waals surface area contributed by atoms with Crippen LogP contribution in [0.2, 0.25) is 0 Å².